The molecule has 6 nitrogen and oxygen atoms in total. The van der Waals surface area contributed by atoms with Crippen LogP contribution in [0.25, 0.3) is 11.3 Å². The molecule has 0 saturated carbocycles. The van der Waals surface area contributed by atoms with E-state index in [1.807, 2.05) is 12.3 Å². The summed E-state index contributed by atoms with van der Waals surface area (Å²) >= 11 is 3.35. The number of nitrogens with zero attached hydrogens (tertiary/aromatic N) is 3. The quantitative estimate of drug-likeness (QED) is 0.314. The maximum Gasteiger partial charge on any atom is 0.358 e. The fourth-order valence-corrected chi connectivity index (χ4v) is 5.59. The zero-order valence-corrected chi connectivity index (χ0v) is 20.1. The second-order valence-electron chi connectivity index (χ2n) is 7.78. The van der Waals surface area contributed by atoms with Crippen LogP contribution in [0, 0.1) is 0 Å². The molecule has 32 heavy (non-hydrogen) atoms. The van der Waals surface area contributed by atoms with E-state index in [0.29, 0.717) is 11.8 Å². The molecule has 0 aliphatic carbocycles. The van der Waals surface area contributed by atoms with Crippen LogP contribution in [-0.4, -0.2) is 46.4 Å². The predicted molar refractivity (Wildman–Crippen MR) is 131 cm³/mol. The van der Waals surface area contributed by atoms with Crippen LogP contribution in [0.5, 0.6) is 0 Å². The van der Waals surface area contributed by atoms with Crippen molar-refractivity contribution in [1.82, 2.24) is 9.46 Å². The number of aromatic nitrogens is 1. The molecule has 0 amide bonds. The summed E-state index contributed by atoms with van der Waals surface area (Å²) in [7, 11) is 2.16. The molecule has 2 heterocycles. The number of rotatable bonds is 7. The van der Waals surface area contributed by atoms with E-state index in [-0.39, 0.29) is 5.69 Å². The lowest BCUT2D eigenvalue weighted by atomic mass is 10.1. The van der Waals surface area contributed by atoms with Crippen LogP contribution in [0.4, 0.5) is 11.4 Å². The van der Waals surface area contributed by atoms with Gasteiger partial charge < -0.3 is 14.5 Å². The van der Waals surface area contributed by atoms with Crippen LogP contribution in [0.2, 0.25) is 0 Å². The van der Waals surface area contributed by atoms with Gasteiger partial charge in [-0.25, -0.2) is 9.10 Å². The highest BCUT2D eigenvalue weighted by atomic mass is 32.2. The zero-order chi connectivity index (χ0) is 22.7. The van der Waals surface area contributed by atoms with E-state index in [2.05, 4.69) is 64.7 Å². The minimum atomic E-state index is -1.09. The van der Waals surface area contributed by atoms with E-state index in [9.17, 15) is 9.90 Å². The molecule has 1 aliphatic rings. The van der Waals surface area contributed by atoms with Gasteiger partial charge in [0.1, 0.15) is 0 Å². The first kappa shape index (κ1) is 22.8. The van der Waals surface area contributed by atoms with E-state index in [4.69, 9.17) is 4.52 Å². The number of thioether (sulfide) groups is 1. The Hall–Kier alpha value is -2.42. The highest BCUT2D eigenvalue weighted by molar-refractivity contribution is 7.98. The molecule has 168 valence electrons. The fraction of sp³-hybridized carbons (Fsp3) is 0.333. The summed E-state index contributed by atoms with van der Waals surface area (Å²) in [6, 6.07) is 16.7. The lowest BCUT2D eigenvalue weighted by Crippen LogP contribution is -2.35. The van der Waals surface area contributed by atoms with Crippen LogP contribution in [-0.2, 0) is 0 Å². The minimum absolute atomic E-state index is 0.0858. The highest BCUT2D eigenvalue weighted by Crippen LogP contribution is 2.46. The van der Waals surface area contributed by atoms with Gasteiger partial charge in [-0.3, -0.25) is 0 Å². The summed E-state index contributed by atoms with van der Waals surface area (Å²) in [5.41, 5.74) is 3.09. The summed E-state index contributed by atoms with van der Waals surface area (Å²) in [5.74, 6) is -0.626. The number of aromatic carboxylic acids is 1. The molecule has 1 aliphatic heterocycles. The molecule has 2 aromatic carbocycles. The molecule has 1 N–H and O–H groups in total. The molecule has 0 spiro atoms. The van der Waals surface area contributed by atoms with E-state index >= 15 is 0 Å². The molecule has 0 fully saturated rings. The third kappa shape index (κ3) is 4.67. The van der Waals surface area contributed by atoms with Crippen LogP contribution in [0.15, 0.2) is 62.8 Å². The van der Waals surface area contributed by atoms with Gasteiger partial charge in [0.25, 0.3) is 0 Å². The van der Waals surface area contributed by atoms with Crippen molar-refractivity contribution in [3.63, 3.8) is 0 Å². The van der Waals surface area contributed by atoms with E-state index in [1.165, 1.54) is 24.6 Å². The number of carboxylic acid groups (broad SMARTS) is 1. The fourth-order valence-electron chi connectivity index (χ4n) is 3.92. The van der Waals surface area contributed by atoms with Crippen LogP contribution >= 0.6 is 23.7 Å². The van der Waals surface area contributed by atoms with Crippen molar-refractivity contribution in [3.8, 4) is 11.3 Å². The molecule has 1 atom stereocenters. The van der Waals surface area contributed by atoms with Gasteiger partial charge >= 0.3 is 5.97 Å². The van der Waals surface area contributed by atoms with Crippen molar-refractivity contribution in [2.45, 2.75) is 42.0 Å². The van der Waals surface area contributed by atoms with E-state index in [1.54, 1.807) is 23.7 Å². The Morgan fingerprint density at radius 3 is 2.72 bits per heavy atom. The molecule has 0 bridgehead atoms. The SMILES string of the molecule is CCCCC1CN(c2ccccc2)c2cc(SC)c(-c3cc(C(=O)O)no3)cc2SN1C. The van der Waals surface area contributed by atoms with Gasteiger partial charge in [0, 0.05) is 39.7 Å². The molecule has 8 heteroatoms. The summed E-state index contributed by atoms with van der Waals surface area (Å²) < 4.78 is 7.76. The minimum Gasteiger partial charge on any atom is -0.476 e. The van der Waals surface area contributed by atoms with Crippen molar-refractivity contribution in [3.05, 3.63) is 54.2 Å². The summed E-state index contributed by atoms with van der Waals surface area (Å²) in [4.78, 5) is 15.8. The number of unbranched alkanes of at least 4 members (excludes halogenated alkanes) is 1. The van der Waals surface area contributed by atoms with Gasteiger partial charge in [0.15, 0.2) is 11.5 Å². The second kappa shape index (κ2) is 10.0. The molecule has 0 saturated heterocycles. The first-order chi connectivity index (χ1) is 15.5. The van der Waals surface area contributed by atoms with Gasteiger partial charge in [-0.1, -0.05) is 43.1 Å². The molecular formula is C24H27N3O3S2. The molecule has 0 radical (unpaired) electrons. The maximum absolute atomic E-state index is 11.3. The van der Waals surface area contributed by atoms with E-state index < -0.39 is 5.97 Å². The Morgan fingerprint density at radius 2 is 2.06 bits per heavy atom. The van der Waals surface area contributed by atoms with Crippen LogP contribution in [0.3, 0.4) is 0 Å². The molecule has 4 rings (SSSR count). The van der Waals surface area contributed by atoms with Crippen molar-refractivity contribution in [2.75, 3.05) is 24.7 Å². The average Bonchev–Trinajstić information content (AvgIpc) is 3.25. The number of para-hydroxylation sites is 1. The number of benzene rings is 2. The summed E-state index contributed by atoms with van der Waals surface area (Å²) in [5, 5.41) is 13.0. The third-order valence-corrected chi connectivity index (χ3v) is 7.56. The molecular weight excluding hydrogens is 442 g/mol. The number of anilines is 2. The summed E-state index contributed by atoms with van der Waals surface area (Å²) in [6.07, 6.45) is 5.51. The summed E-state index contributed by atoms with van der Waals surface area (Å²) in [6.45, 7) is 3.13. The lowest BCUT2D eigenvalue weighted by Gasteiger charge is -2.30. The van der Waals surface area contributed by atoms with Crippen molar-refractivity contribution < 1.29 is 14.4 Å². The maximum atomic E-state index is 11.3. The van der Waals surface area contributed by atoms with E-state index in [0.717, 1.165) is 34.0 Å². The van der Waals surface area contributed by atoms with Gasteiger partial charge in [-0.05, 0) is 55.9 Å². The Bertz CT molecular complexity index is 1090. The smallest absolute Gasteiger partial charge is 0.358 e. The standard InChI is InChI=1S/C24H27N3O3S2/c1-4-5-9-17-15-27(16-10-7-6-8-11-16)20-14-22(31-3)18(12-23(20)32-26(17)2)21-13-19(24(28)29)25-30-21/h6-8,10-14,17H,4-5,9,15H2,1-3H3,(H,28,29). The highest BCUT2D eigenvalue weighted by Gasteiger charge is 2.29. The first-order valence-electron chi connectivity index (χ1n) is 10.7. The Balaban J connectivity index is 1.83. The van der Waals surface area contributed by atoms with Gasteiger partial charge in [-0.2, -0.15) is 0 Å². The Labute approximate surface area is 197 Å². The first-order valence-corrected chi connectivity index (χ1v) is 12.7. The van der Waals surface area contributed by atoms with Gasteiger partial charge in [0.05, 0.1) is 5.69 Å². The third-order valence-electron chi connectivity index (χ3n) is 5.68. The topological polar surface area (TPSA) is 69.8 Å². The number of likely N-dealkylation sites (N-methyl/N-ethyl adjacent to an activating group) is 1. The normalized spacial score (nSPS) is 16.6. The average molecular weight is 470 g/mol. The number of carbonyl (C=O) groups is 1. The van der Waals surface area contributed by atoms with Crippen molar-refractivity contribution in [2.24, 2.45) is 0 Å². The van der Waals surface area contributed by atoms with Crippen LogP contribution < -0.4 is 4.90 Å². The van der Waals surface area contributed by atoms with Gasteiger partial charge in [0.2, 0.25) is 0 Å². The molecule has 1 aromatic heterocycles. The number of hydrogen-bond donors (Lipinski definition) is 1. The second-order valence-corrected chi connectivity index (χ2v) is 9.83. The van der Waals surface area contributed by atoms with Crippen LogP contribution in [0.1, 0.15) is 36.7 Å². The number of hydrogen-bond acceptors (Lipinski definition) is 7. The molecule has 1 unspecified atom stereocenters. The Kier molecular flexibility index (Phi) is 7.13. The van der Waals surface area contributed by atoms with Crippen molar-refractivity contribution >= 4 is 41.1 Å². The Morgan fingerprint density at radius 1 is 1.28 bits per heavy atom. The van der Waals surface area contributed by atoms with Crippen molar-refractivity contribution in [1.29, 1.82) is 0 Å². The monoisotopic (exact) mass is 469 g/mol. The molecule has 3 aromatic rings. The number of fused-ring (bicyclic) bond motifs is 1. The number of carboxylic acids is 1. The van der Waals surface area contributed by atoms with Gasteiger partial charge in [-0.15, -0.1) is 11.8 Å². The largest absolute Gasteiger partial charge is 0.476 e. The lowest BCUT2D eigenvalue weighted by molar-refractivity contribution is 0.0686. The predicted octanol–water partition coefficient (Wildman–Crippen LogP) is 6.41. The zero-order valence-electron chi connectivity index (χ0n) is 18.4.